The fourth-order valence-electron chi connectivity index (χ4n) is 8.08. The highest BCUT2D eigenvalue weighted by atomic mass is 16.5. The molecular weight excluding hydrogens is 476 g/mol. The summed E-state index contributed by atoms with van der Waals surface area (Å²) in [7, 11) is 0. The SMILES string of the molecule is O=C(O)CCCCCOc1cc2ccc(-c3ccccc3C(=O)O)cc2cc1C12CC3CC(CC(C3)C1)C2. The van der Waals surface area contributed by atoms with Gasteiger partial charge in [0.15, 0.2) is 0 Å². The van der Waals surface area contributed by atoms with E-state index in [2.05, 4.69) is 24.3 Å². The van der Waals surface area contributed by atoms with Crippen LogP contribution in [0.15, 0.2) is 54.6 Å². The van der Waals surface area contributed by atoms with Crippen molar-refractivity contribution in [2.24, 2.45) is 17.8 Å². The van der Waals surface area contributed by atoms with Crippen LogP contribution in [0.1, 0.15) is 80.1 Å². The van der Waals surface area contributed by atoms with Crippen LogP contribution in [0.3, 0.4) is 0 Å². The van der Waals surface area contributed by atoms with Crippen LogP contribution in [0.25, 0.3) is 21.9 Å². The monoisotopic (exact) mass is 512 g/mol. The van der Waals surface area contributed by atoms with Crippen LogP contribution in [0, 0.1) is 17.8 Å². The van der Waals surface area contributed by atoms with E-state index in [0.717, 1.165) is 58.2 Å². The number of fused-ring (bicyclic) bond motifs is 1. The summed E-state index contributed by atoms with van der Waals surface area (Å²) >= 11 is 0. The molecule has 7 rings (SSSR count). The highest BCUT2D eigenvalue weighted by Gasteiger charge is 2.52. The van der Waals surface area contributed by atoms with Crippen molar-refractivity contribution >= 4 is 22.7 Å². The van der Waals surface area contributed by atoms with E-state index in [4.69, 9.17) is 9.84 Å². The minimum atomic E-state index is -0.915. The first-order valence-electron chi connectivity index (χ1n) is 14.2. The summed E-state index contributed by atoms with van der Waals surface area (Å²) in [6, 6.07) is 17.9. The summed E-state index contributed by atoms with van der Waals surface area (Å²) in [6.45, 7) is 0.592. The maximum absolute atomic E-state index is 11.9. The molecule has 38 heavy (non-hydrogen) atoms. The van der Waals surface area contributed by atoms with Crippen LogP contribution in [-0.4, -0.2) is 28.8 Å². The lowest BCUT2D eigenvalue weighted by Crippen LogP contribution is -2.48. The second-order valence-electron chi connectivity index (χ2n) is 12.0. The van der Waals surface area contributed by atoms with E-state index in [1.165, 1.54) is 44.1 Å². The molecule has 2 N–H and O–H groups in total. The Kier molecular flexibility index (Phi) is 6.63. The zero-order valence-electron chi connectivity index (χ0n) is 21.8. The standard InChI is InChI=1S/C33H36O5/c34-31(35)8-2-1-5-11-38-30-17-24-9-10-25(27-6-3-4-7-28(27)32(36)37)15-26(24)16-29(30)33-18-21-12-22(19-33)14-23(13-21)20-33/h3-4,6-7,9-10,15-17,21-23H,1-2,5,8,11-14,18-20H2,(H,34,35)(H,36,37). The number of hydrogen-bond acceptors (Lipinski definition) is 3. The van der Waals surface area contributed by atoms with Crippen molar-refractivity contribution in [3.63, 3.8) is 0 Å². The number of carboxylic acid groups (broad SMARTS) is 2. The molecule has 0 radical (unpaired) electrons. The van der Waals surface area contributed by atoms with E-state index in [1.807, 2.05) is 18.2 Å². The van der Waals surface area contributed by atoms with Gasteiger partial charge in [0, 0.05) is 12.0 Å². The van der Waals surface area contributed by atoms with Crippen molar-refractivity contribution in [1.82, 2.24) is 0 Å². The van der Waals surface area contributed by atoms with Gasteiger partial charge >= 0.3 is 11.9 Å². The predicted octanol–water partition coefficient (Wildman–Crippen LogP) is 7.70. The normalized spacial score (nSPS) is 25.5. The van der Waals surface area contributed by atoms with Crippen LogP contribution in [0.5, 0.6) is 5.75 Å². The Morgan fingerprint density at radius 1 is 0.816 bits per heavy atom. The lowest BCUT2D eigenvalue weighted by Gasteiger charge is -2.57. The number of rotatable bonds is 10. The quantitative estimate of drug-likeness (QED) is 0.272. The first kappa shape index (κ1) is 25.0. The molecule has 4 fully saturated rings. The average Bonchev–Trinajstić information content (AvgIpc) is 2.89. The molecule has 3 aromatic carbocycles. The highest BCUT2D eigenvalue weighted by Crippen LogP contribution is 2.62. The molecule has 0 amide bonds. The minimum absolute atomic E-state index is 0.163. The van der Waals surface area contributed by atoms with Gasteiger partial charge in [-0.15, -0.1) is 0 Å². The molecule has 0 heterocycles. The number of benzene rings is 3. The molecule has 0 aliphatic heterocycles. The van der Waals surface area contributed by atoms with Crippen molar-refractivity contribution in [2.75, 3.05) is 6.61 Å². The number of ether oxygens (including phenoxy) is 1. The largest absolute Gasteiger partial charge is 0.493 e. The fourth-order valence-corrected chi connectivity index (χ4v) is 8.08. The lowest BCUT2D eigenvalue weighted by atomic mass is 9.48. The van der Waals surface area contributed by atoms with Gasteiger partial charge in [0.05, 0.1) is 12.2 Å². The van der Waals surface area contributed by atoms with Gasteiger partial charge in [0.1, 0.15) is 5.75 Å². The van der Waals surface area contributed by atoms with Crippen LogP contribution in [-0.2, 0) is 10.2 Å². The topological polar surface area (TPSA) is 83.8 Å². The zero-order valence-corrected chi connectivity index (χ0v) is 21.8. The first-order chi connectivity index (χ1) is 18.4. The molecule has 4 saturated carbocycles. The molecule has 0 aromatic heterocycles. The Labute approximate surface area is 223 Å². The van der Waals surface area contributed by atoms with Gasteiger partial charge in [-0.3, -0.25) is 4.79 Å². The Hall–Kier alpha value is -3.34. The molecule has 4 bridgehead atoms. The smallest absolute Gasteiger partial charge is 0.336 e. The van der Waals surface area contributed by atoms with Crippen molar-refractivity contribution < 1.29 is 24.5 Å². The van der Waals surface area contributed by atoms with Gasteiger partial charge < -0.3 is 14.9 Å². The van der Waals surface area contributed by atoms with Gasteiger partial charge in [0.25, 0.3) is 0 Å². The first-order valence-corrected chi connectivity index (χ1v) is 14.2. The van der Waals surface area contributed by atoms with Gasteiger partial charge in [-0.1, -0.05) is 30.3 Å². The van der Waals surface area contributed by atoms with E-state index in [0.29, 0.717) is 18.6 Å². The van der Waals surface area contributed by atoms with E-state index in [9.17, 15) is 14.7 Å². The van der Waals surface area contributed by atoms with Gasteiger partial charge in [-0.25, -0.2) is 4.79 Å². The molecule has 5 nitrogen and oxygen atoms in total. The van der Waals surface area contributed by atoms with Crippen molar-refractivity contribution in [2.45, 2.75) is 69.6 Å². The maximum Gasteiger partial charge on any atom is 0.336 e. The van der Waals surface area contributed by atoms with Crippen LogP contribution in [0.4, 0.5) is 0 Å². The summed E-state index contributed by atoms with van der Waals surface area (Å²) in [5, 5.41) is 20.9. The second kappa shape index (κ2) is 10.1. The molecule has 0 unspecified atom stereocenters. The number of unbranched alkanes of at least 4 members (excludes halogenated alkanes) is 2. The molecule has 198 valence electrons. The van der Waals surface area contributed by atoms with Crippen molar-refractivity contribution in [3.8, 4) is 16.9 Å². The van der Waals surface area contributed by atoms with Gasteiger partial charge in [-0.05, 0) is 127 Å². The van der Waals surface area contributed by atoms with E-state index >= 15 is 0 Å². The molecular formula is C33H36O5. The average molecular weight is 513 g/mol. The summed E-state index contributed by atoms with van der Waals surface area (Å²) < 4.78 is 6.48. The molecule has 0 atom stereocenters. The van der Waals surface area contributed by atoms with Crippen LogP contribution in [0.2, 0.25) is 0 Å². The number of aliphatic carboxylic acids is 1. The molecule has 4 aliphatic carbocycles. The lowest BCUT2D eigenvalue weighted by molar-refractivity contribution is -0.137. The van der Waals surface area contributed by atoms with E-state index in [1.54, 1.807) is 12.1 Å². The fraction of sp³-hybridized carbons (Fsp3) is 0.455. The summed E-state index contributed by atoms with van der Waals surface area (Å²) in [4.78, 5) is 22.7. The predicted molar refractivity (Wildman–Crippen MR) is 148 cm³/mol. The Balaban J connectivity index is 1.36. The number of carboxylic acids is 2. The molecule has 3 aromatic rings. The van der Waals surface area contributed by atoms with Gasteiger partial charge in [0.2, 0.25) is 0 Å². The Morgan fingerprint density at radius 3 is 2.21 bits per heavy atom. The zero-order chi connectivity index (χ0) is 26.3. The highest BCUT2D eigenvalue weighted by molar-refractivity contribution is 5.98. The van der Waals surface area contributed by atoms with Crippen LogP contribution < -0.4 is 4.74 Å². The molecule has 0 saturated heterocycles. The van der Waals surface area contributed by atoms with Gasteiger partial charge in [-0.2, -0.15) is 0 Å². The summed E-state index contributed by atoms with van der Waals surface area (Å²) in [5.74, 6) is 1.77. The molecule has 0 spiro atoms. The number of carbonyl (C=O) groups is 2. The number of aromatic carboxylic acids is 1. The Bertz CT molecular complexity index is 1340. The molecule has 5 heteroatoms. The third kappa shape index (κ3) is 4.79. The maximum atomic E-state index is 11.9. The minimum Gasteiger partial charge on any atom is -0.493 e. The van der Waals surface area contributed by atoms with Crippen molar-refractivity contribution in [1.29, 1.82) is 0 Å². The van der Waals surface area contributed by atoms with Crippen molar-refractivity contribution in [3.05, 3.63) is 65.7 Å². The third-order valence-corrected chi connectivity index (χ3v) is 9.31. The Morgan fingerprint density at radius 2 is 1.53 bits per heavy atom. The number of hydrogen-bond donors (Lipinski definition) is 2. The molecule has 4 aliphatic rings. The van der Waals surface area contributed by atoms with Crippen LogP contribution >= 0.6 is 0 Å². The summed E-state index contributed by atoms with van der Waals surface area (Å²) in [5.41, 5.74) is 3.46. The third-order valence-electron chi connectivity index (χ3n) is 9.31. The second-order valence-corrected chi connectivity index (χ2v) is 12.0. The summed E-state index contributed by atoms with van der Waals surface area (Å²) in [6.07, 6.45) is 10.4. The van der Waals surface area contributed by atoms with E-state index < -0.39 is 11.9 Å². The van der Waals surface area contributed by atoms with E-state index in [-0.39, 0.29) is 11.8 Å².